The monoisotopic (exact) mass is 316 g/mol. The van der Waals surface area contributed by atoms with Gasteiger partial charge in [0.2, 0.25) is 11.8 Å². The summed E-state index contributed by atoms with van der Waals surface area (Å²) in [5.74, 6) is 0.283. The van der Waals surface area contributed by atoms with Gasteiger partial charge in [0.05, 0.1) is 5.56 Å². The molecule has 1 aromatic heterocycles. The van der Waals surface area contributed by atoms with Crippen molar-refractivity contribution in [3.05, 3.63) is 48.0 Å². The van der Waals surface area contributed by atoms with E-state index in [-0.39, 0.29) is 30.0 Å². The molecule has 1 fully saturated rings. The number of hydrazine groups is 1. The Morgan fingerprint density at radius 2 is 1.91 bits per heavy atom. The predicted octanol–water partition coefficient (Wildman–Crippen LogP) is 2.58. The van der Waals surface area contributed by atoms with Crippen molar-refractivity contribution in [1.29, 1.82) is 0 Å². The van der Waals surface area contributed by atoms with Crippen LogP contribution < -0.4 is 10.9 Å². The summed E-state index contributed by atoms with van der Waals surface area (Å²) in [6.07, 6.45) is 2.31. The zero-order valence-corrected chi connectivity index (χ0v) is 12.5. The van der Waals surface area contributed by atoms with Crippen molar-refractivity contribution in [3.8, 4) is 11.3 Å². The first-order chi connectivity index (χ1) is 11.1. The molecule has 0 saturated heterocycles. The number of hydrogen-bond acceptors (Lipinski definition) is 3. The van der Waals surface area contributed by atoms with Crippen LogP contribution in [0.4, 0.5) is 4.39 Å². The van der Waals surface area contributed by atoms with E-state index in [0.29, 0.717) is 23.5 Å². The quantitative estimate of drug-likeness (QED) is 0.833. The molecule has 0 radical (unpaired) electrons. The molecule has 0 bridgehead atoms. The average molecular weight is 316 g/mol. The fraction of sp³-hybridized carbons (Fsp3) is 0.294. The van der Waals surface area contributed by atoms with Gasteiger partial charge in [-0.1, -0.05) is 12.1 Å². The third-order valence-electron chi connectivity index (χ3n) is 3.67. The van der Waals surface area contributed by atoms with Gasteiger partial charge >= 0.3 is 0 Å². The van der Waals surface area contributed by atoms with Crippen LogP contribution in [0.1, 0.15) is 25.0 Å². The lowest BCUT2D eigenvalue weighted by atomic mass is 10.1. The summed E-state index contributed by atoms with van der Waals surface area (Å²) in [5.41, 5.74) is 5.17. The highest BCUT2D eigenvalue weighted by Crippen LogP contribution is 2.28. The van der Waals surface area contributed by atoms with Crippen molar-refractivity contribution in [2.45, 2.75) is 25.7 Å². The van der Waals surface area contributed by atoms with Crippen molar-refractivity contribution in [2.24, 2.45) is 5.92 Å². The number of benzene rings is 1. The highest BCUT2D eigenvalue weighted by molar-refractivity contribution is 5.84. The summed E-state index contributed by atoms with van der Waals surface area (Å²) >= 11 is 0. The summed E-state index contributed by atoms with van der Waals surface area (Å²) < 4.78 is 19.2. The van der Waals surface area contributed by atoms with Crippen molar-refractivity contribution >= 4 is 11.8 Å². The zero-order valence-electron chi connectivity index (χ0n) is 12.5. The fourth-order valence-electron chi connectivity index (χ4n) is 2.20. The number of furan rings is 1. The molecule has 1 aliphatic rings. The number of rotatable bonds is 5. The lowest BCUT2D eigenvalue weighted by Gasteiger charge is -2.05. The van der Waals surface area contributed by atoms with Crippen molar-refractivity contribution in [3.63, 3.8) is 0 Å². The first kappa shape index (κ1) is 15.3. The van der Waals surface area contributed by atoms with Crippen molar-refractivity contribution in [2.75, 3.05) is 0 Å². The number of hydrogen-bond donors (Lipinski definition) is 2. The lowest BCUT2D eigenvalue weighted by Crippen LogP contribution is -2.42. The molecule has 6 heteroatoms. The van der Waals surface area contributed by atoms with Gasteiger partial charge in [0.25, 0.3) is 0 Å². The van der Waals surface area contributed by atoms with Crippen LogP contribution in [0.2, 0.25) is 0 Å². The van der Waals surface area contributed by atoms with E-state index in [2.05, 4.69) is 10.9 Å². The molecule has 23 heavy (non-hydrogen) atoms. The summed E-state index contributed by atoms with van der Waals surface area (Å²) in [6, 6.07) is 9.75. The Morgan fingerprint density at radius 3 is 2.65 bits per heavy atom. The topological polar surface area (TPSA) is 71.3 Å². The van der Waals surface area contributed by atoms with Gasteiger partial charge in [-0.15, -0.1) is 0 Å². The molecule has 2 amide bonds. The lowest BCUT2D eigenvalue weighted by molar-refractivity contribution is -0.129. The van der Waals surface area contributed by atoms with E-state index in [1.54, 1.807) is 30.3 Å². The van der Waals surface area contributed by atoms with Crippen LogP contribution in [0, 0.1) is 11.7 Å². The largest absolute Gasteiger partial charge is 0.461 e. The van der Waals surface area contributed by atoms with Crippen LogP contribution in [0.5, 0.6) is 0 Å². The third-order valence-corrected chi connectivity index (χ3v) is 3.67. The second-order valence-corrected chi connectivity index (χ2v) is 5.56. The molecular weight excluding hydrogens is 299 g/mol. The van der Waals surface area contributed by atoms with Crippen LogP contribution in [-0.2, 0) is 16.0 Å². The Balaban J connectivity index is 1.50. The molecule has 0 unspecified atom stereocenters. The smallest absolute Gasteiger partial charge is 0.241 e. The highest BCUT2D eigenvalue weighted by Gasteiger charge is 2.29. The predicted molar refractivity (Wildman–Crippen MR) is 81.4 cm³/mol. The Hall–Kier alpha value is -2.63. The van der Waals surface area contributed by atoms with E-state index in [9.17, 15) is 14.0 Å². The minimum atomic E-state index is -0.353. The molecule has 3 rings (SSSR count). The molecule has 1 aromatic carbocycles. The summed E-state index contributed by atoms with van der Waals surface area (Å²) in [5, 5.41) is 0. The van der Waals surface area contributed by atoms with E-state index in [4.69, 9.17) is 4.42 Å². The Kier molecular flexibility index (Phi) is 4.41. The number of nitrogens with one attached hydrogen (secondary N) is 2. The van der Waals surface area contributed by atoms with Gasteiger partial charge < -0.3 is 4.42 Å². The number of halogens is 1. The molecular formula is C17H17FN2O3. The number of aryl methyl sites for hydroxylation is 1. The molecule has 0 spiro atoms. The molecule has 0 atom stereocenters. The van der Waals surface area contributed by atoms with Crippen LogP contribution in [-0.4, -0.2) is 11.8 Å². The second kappa shape index (κ2) is 6.64. The van der Waals surface area contributed by atoms with E-state index in [0.717, 1.165) is 12.8 Å². The van der Waals surface area contributed by atoms with Gasteiger partial charge in [-0.05, 0) is 37.1 Å². The Morgan fingerprint density at radius 1 is 1.13 bits per heavy atom. The van der Waals surface area contributed by atoms with Gasteiger partial charge in [-0.25, -0.2) is 4.39 Å². The molecule has 120 valence electrons. The van der Waals surface area contributed by atoms with Crippen LogP contribution >= 0.6 is 0 Å². The van der Waals surface area contributed by atoms with E-state index >= 15 is 0 Å². The number of carbonyl (C=O) groups excluding carboxylic acids is 2. The zero-order chi connectivity index (χ0) is 16.2. The molecule has 2 N–H and O–H groups in total. The maximum absolute atomic E-state index is 13.7. The maximum Gasteiger partial charge on any atom is 0.241 e. The number of amides is 2. The van der Waals surface area contributed by atoms with Crippen molar-refractivity contribution < 1.29 is 18.4 Å². The molecule has 2 aromatic rings. The Bertz CT molecular complexity index is 722. The van der Waals surface area contributed by atoms with Crippen LogP contribution in [0.3, 0.4) is 0 Å². The van der Waals surface area contributed by atoms with Gasteiger partial charge in [-0.2, -0.15) is 0 Å². The molecule has 5 nitrogen and oxygen atoms in total. The van der Waals surface area contributed by atoms with Gasteiger partial charge in [0.1, 0.15) is 17.3 Å². The van der Waals surface area contributed by atoms with Crippen LogP contribution in [0.25, 0.3) is 11.3 Å². The van der Waals surface area contributed by atoms with E-state index < -0.39 is 0 Å². The fourth-order valence-corrected chi connectivity index (χ4v) is 2.20. The maximum atomic E-state index is 13.7. The third kappa shape index (κ3) is 3.97. The average Bonchev–Trinajstić information content (AvgIpc) is 3.30. The van der Waals surface area contributed by atoms with E-state index in [1.165, 1.54) is 6.07 Å². The second-order valence-electron chi connectivity index (χ2n) is 5.56. The highest BCUT2D eigenvalue weighted by atomic mass is 19.1. The molecule has 1 saturated carbocycles. The first-order valence-electron chi connectivity index (χ1n) is 7.56. The summed E-state index contributed by atoms with van der Waals surface area (Å²) in [7, 11) is 0. The minimum absolute atomic E-state index is 0.0451. The Labute approximate surface area is 132 Å². The van der Waals surface area contributed by atoms with Crippen molar-refractivity contribution in [1.82, 2.24) is 10.9 Å². The first-order valence-corrected chi connectivity index (χ1v) is 7.56. The molecule has 1 aliphatic carbocycles. The van der Waals surface area contributed by atoms with Gasteiger partial charge in [0.15, 0.2) is 0 Å². The molecule has 1 heterocycles. The van der Waals surface area contributed by atoms with Gasteiger partial charge in [-0.3, -0.25) is 20.4 Å². The standard InChI is InChI=1S/C17H17FN2O3/c18-14-4-2-1-3-13(14)15-9-7-12(23-15)8-10-16(21)19-20-17(22)11-5-6-11/h1-4,7,9,11H,5-6,8,10H2,(H,19,21)(H,20,22). The van der Waals surface area contributed by atoms with Gasteiger partial charge in [0, 0.05) is 18.8 Å². The number of carbonyl (C=O) groups is 2. The van der Waals surface area contributed by atoms with Crippen LogP contribution in [0.15, 0.2) is 40.8 Å². The normalized spacial score (nSPS) is 13.6. The SMILES string of the molecule is O=C(CCc1ccc(-c2ccccc2F)o1)NNC(=O)C1CC1. The summed E-state index contributed by atoms with van der Waals surface area (Å²) in [4.78, 5) is 23.1. The molecule has 0 aliphatic heterocycles. The van der Waals surface area contributed by atoms with E-state index in [1.807, 2.05) is 0 Å². The minimum Gasteiger partial charge on any atom is -0.461 e. The summed E-state index contributed by atoms with van der Waals surface area (Å²) in [6.45, 7) is 0.